The summed E-state index contributed by atoms with van der Waals surface area (Å²) in [5, 5.41) is 0. The van der Waals surface area contributed by atoms with Gasteiger partial charge in [0, 0.05) is 25.7 Å². The Morgan fingerprint density at radius 2 is 1.88 bits per heavy atom. The maximum Gasteiger partial charge on any atom is 0.308 e. The van der Waals surface area contributed by atoms with Gasteiger partial charge in [0.05, 0.1) is 0 Å². The van der Waals surface area contributed by atoms with Crippen LogP contribution in [0, 0.1) is 5.41 Å². The van der Waals surface area contributed by atoms with Crippen molar-refractivity contribution in [2.75, 3.05) is 0 Å². The molecular weight excluding hydrogens is 328 g/mol. The molecule has 1 aromatic carbocycles. The van der Waals surface area contributed by atoms with Crippen LogP contribution in [0.15, 0.2) is 35.4 Å². The SMILES string of the molecule is CC(=O)Oc1ccc2c(c1)CCC1=C2CCC2(C)C1=CCC2OC(C)=O. The maximum atomic E-state index is 11.5. The lowest BCUT2D eigenvalue weighted by Crippen LogP contribution is -2.36. The van der Waals surface area contributed by atoms with E-state index >= 15 is 0 Å². The molecule has 0 aromatic heterocycles. The van der Waals surface area contributed by atoms with Crippen molar-refractivity contribution in [3.8, 4) is 5.75 Å². The van der Waals surface area contributed by atoms with Crippen LogP contribution in [0.3, 0.4) is 0 Å². The number of rotatable bonds is 2. The van der Waals surface area contributed by atoms with Crippen molar-refractivity contribution in [2.45, 2.75) is 59.0 Å². The van der Waals surface area contributed by atoms with Gasteiger partial charge in [-0.15, -0.1) is 0 Å². The number of carbonyl (C=O) groups excluding carboxylic acids is 2. The number of esters is 2. The highest BCUT2D eigenvalue weighted by molar-refractivity contribution is 5.80. The highest BCUT2D eigenvalue weighted by Gasteiger charge is 2.47. The molecule has 0 fully saturated rings. The molecule has 26 heavy (non-hydrogen) atoms. The normalized spacial score (nSPS) is 26.4. The summed E-state index contributed by atoms with van der Waals surface area (Å²) in [6.07, 6.45) is 6.94. The van der Waals surface area contributed by atoms with Gasteiger partial charge in [-0.05, 0) is 65.7 Å². The summed E-state index contributed by atoms with van der Waals surface area (Å²) in [6.45, 7) is 5.16. The molecule has 0 spiro atoms. The minimum Gasteiger partial charge on any atom is -0.461 e. The monoisotopic (exact) mass is 352 g/mol. The molecule has 0 radical (unpaired) electrons. The molecule has 4 rings (SSSR count). The van der Waals surface area contributed by atoms with E-state index in [0.29, 0.717) is 5.75 Å². The van der Waals surface area contributed by atoms with Gasteiger partial charge in [0.1, 0.15) is 11.9 Å². The van der Waals surface area contributed by atoms with Crippen LogP contribution in [0.4, 0.5) is 0 Å². The summed E-state index contributed by atoms with van der Waals surface area (Å²) in [5.41, 5.74) is 6.68. The van der Waals surface area contributed by atoms with E-state index in [1.165, 1.54) is 41.7 Å². The molecule has 4 nitrogen and oxygen atoms in total. The molecule has 136 valence electrons. The van der Waals surface area contributed by atoms with Gasteiger partial charge in [-0.25, -0.2) is 0 Å². The molecule has 0 amide bonds. The van der Waals surface area contributed by atoms with Crippen molar-refractivity contribution in [3.05, 3.63) is 46.5 Å². The van der Waals surface area contributed by atoms with Crippen LogP contribution >= 0.6 is 0 Å². The number of fused-ring (bicyclic) bond motifs is 4. The lowest BCUT2D eigenvalue weighted by molar-refractivity contribution is -0.150. The molecule has 4 heteroatoms. The van der Waals surface area contributed by atoms with Gasteiger partial charge in [-0.2, -0.15) is 0 Å². The third-order valence-electron chi connectivity index (χ3n) is 6.06. The van der Waals surface area contributed by atoms with Crippen molar-refractivity contribution in [1.29, 1.82) is 0 Å². The van der Waals surface area contributed by atoms with Crippen LogP contribution in [-0.2, 0) is 20.7 Å². The van der Waals surface area contributed by atoms with Crippen molar-refractivity contribution < 1.29 is 19.1 Å². The van der Waals surface area contributed by atoms with E-state index in [2.05, 4.69) is 19.1 Å². The van der Waals surface area contributed by atoms with E-state index in [1.807, 2.05) is 12.1 Å². The Labute approximate surface area is 153 Å². The lowest BCUT2D eigenvalue weighted by Gasteiger charge is -2.41. The first-order chi connectivity index (χ1) is 12.4. The summed E-state index contributed by atoms with van der Waals surface area (Å²) in [4.78, 5) is 22.7. The highest BCUT2D eigenvalue weighted by Crippen LogP contribution is 2.56. The van der Waals surface area contributed by atoms with Gasteiger partial charge in [-0.1, -0.05) is 19.1 Å². The zero-order chi connectivity index (χ0) is 18.5. The van der Waals surface area contributed by atoms with Crippen molar-refractivity contribution in [2.24, 2.45) is 5.41 Å². The third-order valence-corrected chi connectivity index (χ3v) is 6.06. The maximum absolute atomic E-state index is 11.5. The first-order valence-corrected chi connectivity index (χ1v) is 9.30. The minimum absolute atomic E-state index is 0.0446. The van der Waals surface area contributed by atoms with E-state index in [0.717, 1.165) is 32.1 Å². The number of aryl methyl sites for hydroxylation is 1. The Morgan fingerprint density at radius 3 is 2.62 bits per heavy atom. The van der Waals surface area contributed by atoms with E-state index < -0.39 is 0 Å². The standard InChI is InChI=1S/C22H24O4/c1-13(23)25-16-5-7-17-15(12-16)4-6-19-18(17)10-11-22(3)20(19)8-9-21(22)26-14(2)24/h5,7-8,12,21H,4,6,9-11H2,1-3H3. The summed E-state index contributed by atoms with van der Waals surface area (Å²) < 4.78 is 10.9. The second-order valence-electron chi connectivity index (χ2n) is 7.74. The van der Waals surface area contributed by atoms with Crippen LogP contribution in [0.25, 0.3) is 5.57 Å². The lowest BCUT2D eigenvalue weighted by atomic mass is 9.65. The van der Waals surface area contributed by atoms with Crippen LogP contribution < -0.4 is 4.74 Å². The molecule has 2 unspecified atom stereocenters. The number of carbonyl (C=O) groups is 2. The Morgan fingerprint density at radius 1 is 1.08 bits per heavy atom. The van der Waals surface area contributed by atoms with Gasteiger partial charge >= 0.3 is 11.9 Å². The van der Waals surface area contributed by atoms with Crippen molar-refractivity contribution in [1.82, 2.24) is 0 Å². The van der Waals surface area contributed by atoms with Gasteiger partial charge < -0.3 is 9.47 Å². The topological polar surface area (TPSA) is 52.6 Å². The molecule has 0 aliphatic heterocycles. The highest BCUT2D eigenvalue weighted by atomic mass is 16.5. The molecule has 3 aliphatic rings. The fraction of sp³-hybridized carbons (Fsp3) is 0.455. The Bertz CT molecular complexity index is 861. The molecule has 0 heterocycles. The quantitative estimate of drug-likeness (QED) is 0.586. The Hall–Kier alpha value is -2.36. The number of hydrogen-bond donors (Lipinski definition) is 0. The number of hydrogen-bond acceptors (Lipinski definition) is 4. The van der Waals surface area contributed by atoms with Gasteiger partial charge in [0.15, 0.2) is 0 Å². The smallest absolute Gasteiger partial charge is 0.308 e. The van der Waals surface area contributed by atoms with Crippen molar-refractivity contribution in [3.63, 3.8) is 0 Å². The largest absolute Gasteiger partial charge is 0.461 e. The van der Waals surface area contributed by atoms with E-state index in [-0.39, 0.29) is 23.5 Å². The van der Waals surface area contributed by atoms with Crippen LogP contribution in [0.1, 0.15) is 57.6 Å². The molecular formula is C22H24O4. The first kappa shape index (κ1) is 17.1. The average molecular weight is 352 g/mol. The Kier molecular flexibility index (Phi) is 4.02. The second kappa shape index (κ2) is 6.11. The molecule has 0 bridgehead atoms. The zero-order valence-electron chi connectivity index (χ0n) is 15.6. The molecule has 0 saturated heterocycles. The predicted octanol–water partition coefficient (Wildman–Crippen LogP) is 4.37. The number of allylic oxidation sites excluding steroid dienone is 2. The third kappa shape index (κ3) is 2.68. The van der Waals surface area contributed by atoms with E-state index in [1.54, 1.807) is 0 Å². The minimum atomic E-state index is -0.290. The molecule has 1 aromatic rings. The Balaban J connectivity index is 1.69. The van der Waals surface area contributed by atoms with Crippen molar-refractivity contribution >= 4 is 17.5 Å². The molecule has 0 saturated carbocycles. The van der Waals surface area contributed by atoms with Gasteiger partial charge in [0.25, 0.3) is 0 Å². The first-order valence-electron chi connectivity index (χ1n) is 9.30. The van der Waals surface area contributed by atoms with Crippen LogP contribution in [0.2, 0.25) is 0 Å². The molecule has 2 atom stereocenters. The number of benzene rings is 1. The summed E-state index contributed by atoms with van der Waals surface area (Å²) >= 11 is 0. The molecule has 3 aliphatic carbocycles. The summed E-state index contributed by atoms with van der Waals surface area (Å²) in [6, 6.07) is 5.97. The van der Waals surface area contributed by atoms with E-state index in [4.69, 9.17) is 9.47 Å². The predicted molar refractivity (Wildman–Crippen MR) is 98.6 cm³/mol. The average Bonchev–Trinajstić information content (AvgIpc) is 2.90. The van der Waals surface area contributed by atoms with E-state index in [9.17, 15) is 9.59 Å². The number of ether oxygens (including phenoxy) is 2. The fourth-order valence-corrected chi connectivity index (χ4v) is 4.88. The van der Waals surface area contributed by atoms with Crippen LogP contribution in [0.5, 0.6) is 5.75 Å². The molecule has 0 N–H and O–H groups in total. The van der Waals surface area contributed by atoms with Crippen LogP contribution in [-0.4, -0.2) is 18.0 Å². The summed E-state index contributed by atoms with van der Waals surface area (Å²) in [5.74, 6) is 0.135. The van der Waals surface area contributed by atoms with Gasteiger partial charge in [-0.3, -0.25) is 9.59 Å². The second-order valence-corrected chi connectivity index (χ2v) is 7.74. The fourth-order valence-electron chi connectivity index (χ4n) is 4.88. The van der Waals surface area contributed by atoms with Gasteiger partial charge in [0.2, 0.25) is 0 Å². The zero-order valence-corrected chi connectivity index (χ0v) is 15.6. The summed E-state index contributed by atoms with van der Waals surface area (Å²) in [7, 11) is 0.